The monoisotopic (exact) mass is 317 g/mol. The fourth-order valence-corrected chi connectivity index (χ4v) is 3.11. The lowest BCUT2D eigenvalue weighted by Gasteiger charge is -2.19. The van der Waals surface area contributed by atoms with Crippen LogP contribution in [0.2, 0.25) is 0 Å². The Hall–Kier alpha value is -1.35. The van der Waals surface area contributed by atoms with Crippen molar-refractivity contribution in [2.45, 2.75) is 32.6 Å². The van der Waals surface area contributed by atoms with E-state index < -0.39 is 0 Å². The van der Waals surface area contributed by atoms with Gasteiger partial charge in [0.1, 0.15) is 0 Å². The molecule has 3 rings (SSSR count). The molecule has 0 unspecified atom stereocenters. The molecule has 0 saturated heterocycles. The highest BCUT2D eigenvalue weighted by atomic mass is 79.9. The number of rotatable bonds is 1. The van der Waals surface area contributed by atoms with Crippen molar-refractivity contribution >= 4 is 15.9 Å². The molecule has 1 aliphatic rings. The second-order valence-electron chi connectivity index (χ2n) is 5.13. The molecule has 0 aliphatic heterocycles. The van der Waals surface area contributed by atoms with Crippen molar-refractivity contribution in [3.8, 4) is 5.69 Å². The minimum absolute atomic E-state index is 0.155. The zero-order chi connectivity index (χ0) is 13.4. The van der Waals surface area contributed by atoms with Crippen molar-refractivity contribution < 1.29 is 0 Å². The van der Waals surface area contributed by atoms with E-state index in [-0.39, 0.29) is 5.56 Å². The highest BCUT2D eigenvalue weighted by Gasteiger charge is 2.17. The van der Waals surface area contributed by atoms with E-state index in [9.17, 15) is 4.79 Å². The molecule has 1 aromatic carbocycles. The lowest BCUT2D eigenvalue weighted by atomic mass is 9.90. The Balaban J connectivity index is 2.20. The van der Waals surface area contributed by atoms with Crippen LogP contribution in [0, 0.1) is 6.92 Å². The van der Waals surface area contributed by atoms with Crippen molar-refractivity contribution in [3.63, 3.8) is 0 Å². The standard InChI is InChI=1S/C16H16BrNO/c1-11-10-18(13-8-6-12(17)7-9-13)16(19)15-5-3-2-4-14(11)15/h6-10H,2-5H2,1H3. The summed E-state index contributed by atoms with van der Waals surface area (Å²) in [4.78, 5) is 12.6. The number of aryl methyl sites for hydroxylation is 1. The van der Waals surface area contributed by atoms with E-state index in [0.717, 1.165) is 35.0 Å². The lowest BCUT2D eigenvalue weighted by Crippen LogP contribution is -2.26. The molecule has 0 radical (unpaired) electrons. The molecule has 0 fully saturated rings. The van der Waals surface area contributed by atoms with Crippen molar-refractivity contribution in [1.82, 2.24) is 4.57 Å². The number of benzene rings is 1. The Bertz CT molecular complexity index is 670. The Kier molecular flexibility index (Phi) is 3.31. The Morgan fingerprint density at radius 3 is 2.37 bits per heavy atom. The quantitative estimate of drug-likeness (QED) is 0.784. The van der Waals surface area contributed by atoms with Crippen molar-refractivity contribution in [1.29, 1.82) is 0 Å². The van der Waals surface area contributed by atoms with Crippen LogP contribution < -0.4 is 5.56 Å². The van der Waals surface area contributed by atoms with Gasteiger partial charge in [-0.25, -0.2) is 0 Å². The second-order valence-corrected chi connectivity index (χ2v) is 6.04. The fourth-order valence-electron chi connectivity index (χ4n) is 2.85. The molecule has 0 bridgehead atoms. The molecule has 0 spiro atoms. The summed E-state index contributed by atoms with van der Waals surface area (Å²) >= 11 is 3.42. The van der Waals surface area contributed by atoms with E-state index in [2.05, 4.69) is 22.9 Å². The first-order valence-electron chi connectivity index (χ1n) is 6.67. The summed E-state index contributed by atoms with van der Waals surface area (Å²) < 4.78 is 2.81. The summed E-state index contributed by atoms with van der Waals surface area (Å²) in [5.41, 5.74) is 4.63. The maximum atomic E-state index is 12.6. The van der Waals surface area contributed by atoms with Gasteiger partial charge in [-0.05, 0) is 68.0 Å². The number of pyridine rings is 1. The third kappa shape index (κ3) is 2.27. The van der Waals surface area contributed by atoms with E-state index in [4.69, 9.17) is 0 Å². The third-order valence-corrected chi connectivity index (χ3v) is 4.38. The van der Waals surface area contributed by atoms with Gasteiger partial charge in [0.05, 0.1) is 0 Å². The van der Waals surface area contributed by atoms with Crippen molar-refractivity contribution in [2.75, 3.05) is 0 Å². The second kappa shape index (κ2) is 4.97. The minimum atomic E-state index is 0.155. The van der Waals surface area contributed by atoms with Crippen LogP contribution in [0.25, 0.3) is 5.69 Å². The van der Waals surface area contributed by atoms with Crippen LogP contribution in [-0.4, -0.2) is 4.57 Å². The number of aromatic nitrogens is 1. The molecule has 2 aromatic rings. The maximum Gasteiger partial charge on any atom is 0.258 e. The van der Waals surface area contributed by atoms with Gasteiger partial charge in [-0.3, -0.25) is 9.36 Å². The largest absolute Gasteiger partial charge is 0.284 e. The smallest absolute Gasteiger partial charge is 0.258 e. The van der Waals surface area contributed by atoms with Crippen LogP contribution >= 0.6 is 15.9 Å². The van der Waals surface area contributed by atoms with Gasteiger partial charge in [-0.2, -0.15) is 0 Å². The molecule has 2 nitrogen and oxygen atoms in total. The highest BCUT2D eigenvalue weighted by molar-refractivity contribution is 9.10. The van der Waals surface area contributed by atoms with Gasteiger partial charge < -0.3 is 0 Å². The number of halogens is 1. The third-order valence-electron chi connectivity index (χ3n) is 3.85. The van der Waals surface area contributed by atoms with Crippen molar-refractivity contribution in [3.05, 3.63) is 62.0 Å². The lowest BCUT2D eigenvalue weighted by molar-refractivity contribution is 0.666. The van der Waals surface area contributed by atoms with Crippen LogP contribution in [0.5, 0.6) is 0 Å². The van der Waals surface area contributed by atoms with E-state index >= 15 is 0 Å². The van der Waals surface area contributed by atoms with Gasteiger partial charge in [-0.15, -0.1) is 0 Å². The number of nitrogens with zero attached hydrogens (tertiary/aromatic N) is 1. The molecule has 1 aliphatic carbocycles. The van der Waals surface area contributed by atoms with Gasteiger partial charge in [0.25, 0.3) is 5.56 Å². The molecule has 19 heavy (non-hydrogen) atoms. The van der Waals surface area contributed by atoms with E-state index in [0.29, 0.717) is 0 Å². The van der Waals surface area contributed by atoms with Gasteiger partial charge in [0.2, 0.25) is 0 Å². The summed E-state index contributed by atoms with van der Waals surface area (Å²) in [5.74, 6) is 0. The zero-order valence-electron chi connectivity index (χ0n) is 10.9. The Morgan fingerprint density at radius 2 is 1.68 bits per heavy atom. The molecule has 3 heteroatoms. The zero-order valence-corrected chi connectivity index (χ0v) is 12.5. The van der Waals surface area contributed by atoms with Crippen LogP contribution in [0.3, 0.4) is 0 Å². The van der Waals surface area contributed by atoms with Gasteiger partial charge in [0.15, 0.2) is 0 Å². The highest BCUT2D eigenvalue weighted by Crippen LogP contribution is 2.22. The summed E-state index contributed by atoms with van der Waals surface area (Å²) in [6.07, 6.45) is 6.29. The SMILES string of the molecule is Cc1cn(-c2ccc(Br)cc2)c(=O)c2c1CCCC2. The number of fused-ring (bicyclic) bond motifs is 1. The molecule has 98 valence electrons. The average molecular weight is 318 g/mol. The van der Waals surface area contributed by atoms with Crippen molar-refractivity contribution in [2.24, 2.45) is 0 Å². The van der Waals surface area contributed by atoms with E-state index in [1.165, 1.54) is 17.5 Å². The topological polar surface area (TPSA) is 22.0 Å². The Labute approximate surface area is 121 Å². The van der Waals surface area contributed by atoms with Crippen LogP contribution in [0.1, 0.15) is 29.5 Å². The summed E-state index contributed by atoms with van der Waals surface area (Å²) in [7, 11) is 0. The molecule has 0 saturated carbocycles. The molecule has 0 amide bonds. The van der Waals surface area contributed by atoms with Crippen LogP contribution in [0.4, 0.5) is 0 Å². The fraction of sp³-hybridized carbons (Fsp3) is 0.312. The summed E-state index contributed by atoms with van der Waals surface area (Å²) in [5, 5.41) is 0. The molecule has 1 heterocycles. The average Bonchev–Trinajstić information content (AvgIpc) is 2.44. The predicted octanol–water partition coefficient (Wildman–Crippen LogP) is 3.79. The van der Waals surface area contributed by atoms with Gasteiger partial charge in [-0.1, -0.05) is 15.9 Å². The molecular weight excluding hydrogens is 302 g/mol. The minimum Gasteiger partial charge on any atom is -0.284 e. The van der Waals surface area contributed by atoms with Crippen LogP contribution in [0.15, 0.2) is 39.7 Å². The molecular formula is C16H16BrNO. The summed E-state index contributed by atoms with van der Waals surface area (Å²) in [6.45, 7) is 2.11. The first kappa shape index (κ1) is 12.7. The van der Waals surface area contributed by atoms with Gasteiger partial charge >= 0.3 is 0 Å². The first-order chi connectivity index (χ1) is 9.16. The molecule has 0 atom stereocenters. The Morgan fingerprint density at radius 1 is 1.05 bits per heavy atom. The molecule has 1 aromatic heterocycles. The summed E-state index contributed by atoms with van der Waals surface area (Å²) in [6, 6.07) is 7.88. The number of hydrogen-bond donors (Lipinski definition) is 0. The van der Waals surface area contributed by atoms with Crippen LogP contribution in [-0.2, 0) is 12.8 Å². The number of hydrogen-bond acceptors (Lipinski definition) is 1. The van der Waals surface area contributed by atoms with E-state index in [1.807, 2.05) is 30.5 Å². The molecule has 0 N–H and O–H groups in total. The first-order valence-corrected chi connectivity index (χ1v) is 7.46. The van der Waals surface area contributed by atoms with E-state index in [1.54, 1.807) is 4.57 Å². The normalized spacial score (nSPS) is 14.2. The maximum absolute atomic E-state index is 12.6. The van der Waals surface area contributed by atoms with Gasteiger partial charge in [0, 0.05) is 21.9 Å². The predicted molar refractivity (Wildman–Crippen MR) is 81.1 cm³/mol.